The predicted octanol–water partition coefficient (Wildman–Crippen LogP) is 9.98. The van der Waals surface area contributed by atoms with Crippen LogP contribution in [-0.2, 0) is 0 Å². The fourth-order valence-corrected chi connectivity index (χ4v) is 4.73. The number of nitrogens with one attached hydrogen (secondary N) is 1. The summed E-state index contributed by atoms with van der Waals surface area (Å²) < 4.78 is 0. The van der Waals surface area contributed by atoms with Gasteiger partial charge < -0.3 is 5.32 Å². The topological polar surface area (TPSA) is 12.0 Å². The lowest BCUT2D eigenvalue weighted by molar-refractivity contribution is 0.292. The molecule has 0 saturated carbocycles. The zero-order valence-corrected chi connectivity index (χ0v) is 21.3. The van der Waals surface area contributed by atoms with Gasteiger partial charge in [-0.25, -0.2) is 0 Å². The fourth-order valence-electron chi connectivity index (χ4n) is 4.73. The smallest absolute Gasteiger partial charge is 0.0153 e. The Kier molecular flexibility index (Phi) is 22.6. The van der Waals surface area contributed by atoms with Gasteiger partial charge in [-0.15, -0.1) is 0 Å². The monoisotopic (exact) mass is 409 g/mol. The van der Waals surface area contributed by atoms with E-state index in [4.69, 9.17) is 0 Å². The van der Waals surface area contributed by atoms with Crippen LogP contribution in [0.4, 0.5) is 0 Å². The Morgan fingerprint density at radius 3 is 0.966 bits per heavy atom. The van der Waals surface area contributed by atoms with Crippen LogP contribution in [-0.4, -0.2) is 12.1 Å². The molecule has 0 aromatic heterocycles. The lowest BCUT2D eigenvalue weighted by Gasteiger charge is -2.31. The van der Waals surface area contributed by atoms with Crippen LogP contribution in [0, 0.1) is 0 Å². The van der Waals surface area contributed by atoms with Crippen molar-refractivity contribution in [3.05, 3.63) is 0 Å². The minimum absolute atomic E-state index is 0.384. The van der Waals surface area contributed by atoms with Crippen LogP contribution in [0.5, 0.6) is 0 Å². The van der Waals surface area contributed by atoms with E-state index in [2.05, 4.69) is 33.0 Å². The molecule has 0 spiro atoms. The summed E-state index contributed by atoms with van der Waals surface area (Å²) in [6, 6.07) is 0. The van der Waals surface area contributed by atoms with Crippen molar-refractivity contribution in [3.8, 4) is 0 Å². The number of hydrogen-bond acceptors (Lipinski definition) is 1. The van der Waals surface area contributed by atoms with Crippen molar-refractivity contribution in [3.63, 3.8) is 0 Å². The number of hydrogen-bond donors (Lipinski definition) is 1. The van der Waals surface area contributed by atoms with Gasteiger partial charge in [0.2, 0.25) is 0 Å². The molecule has 0 atom stereocenters. The molecule has 0 heterocycles. The number of rotatable bonds is 24. The van der Waals surface area contributed by atoms with Crippen LogP contribution in [0.2, 0.25) is 0 Å². The van der Waals surface area contributed by atoms with Crippen molar-refractivity contribution in [1.82, 2.24) is 5.32 Å². The summed E-state index contributed by atoms with van der Waals surface area (Å²) >= 11 is 0. The molecule has 0 aliphatic rings. The quantitative estimate of drug-likeness (QED) is 0.156. The standard InChI is InChI=1S/C28H59N/c1-5-8-10-12-14-16-18-20-22-24-26-28(4,29-7-3)27-25-23-21-19-17-15-13-11-9-6-2/h29H,5-27H2,1-4H3. The molecule has 29 heavy (non-hydrogen) atoms. The zero-order valence-electron chi connectivity index (χ0n) is 21.3. The molecule has 1 heteroatoms. The summed E-state index contributed by atoms with van der Waals surface area (Å²) in [7, 11) is 0. The maximum absolute atomic E-state index is 3.82. The first-order valence-corrected chi connectivity index (χ1v) is 13.9. The predicted molar refractivity (Wildman–Crippen MR) is 135 cm³/mol. The van der Waals surface area contributed by atoms with E-state index in [1.807, 2.05) is 0 Å². The van der Waals surface area contributed by atoms with Crippen molar-refractivity contribution in [2.45, 2.75) is 174 Å². The average molecular weight is 410 g/mol. The molecule has 0 unspecified atom stereocenters. The third-order valence-corrected chi connectivity index (χ3v) is 6.77. The van der Waals surface area contributed by atoms with Gasteiger partial charge in [0, 0.05) is 5.54 Å². The molecule has 0 bridgehead atoms. The molecule has 0 saturated heterocycles. The SMILES string of the molecule is CCCCCCCCCCCCC(C)(CCCCCCCCCCCC)NCC. The Balaban J connectivity index is 3.61. The van der Waals surface area contributed by atoms with Crippen LogP contribution in [0.1, 0.15) is 169 Å². The highest BCUT2D eigenvalue weighted by Crippen LogP contribution is 2.23. The molecule has 0 radical (unpaired) electrons. The molecular formula is C28H59N. The number of unbranched alkanes of at least 4 members (excludes halogenated alkanes) is 18. The van der Waals surface area contributed by atoms with E-state index in [0.29, 0.717) is 5.54 Å². The Labute approximate surface area is 186 Å². The van der Waals surface area contributed by atoms with Crippen LogP contribution in [0.15, 0.2) is 0 Å². The van der Waals surface area contributed by atoms with Crippen LogP contribution < -0.4 is 5.32 Å². The summed E-state index contributed by atoms with van der Waals surface area (Å²) in [5.74, 6) is 0. The van der Waals surface area contributed by atoms with Crippen molar-refractivity contribution in [1.29, 1.82) is 0 Å². The minimum atomic E-state index is 0.384. The molecule has 1 nitrogen and oxygen atoms in total. The Bertz CT molecular complexity index is 275. The summed E-state index contributed by atoms with van der Waals surface area (Å²) in [5, 5.41) is 3.82. The molecule has 176 valence electrons. The third kappa shape index (κ3) is 21.0. The second-order valence-corrected chi connectivity index (χ2v) is 9.95. The Morgan fingerprint density at radius 1 is 0.414 bits per heavy atom. The summed E-state index contributed by atoms with van der Waals surface area (Å²) in [4.78, 5) is 0. The maximum Gasteiger partial charge on any atom is 0.0153 e. The molecule has 0 rings (SSSR count). The second kappa shape index (κ2) is 22.6. The van der Waals surface area contributed by atoms with E-state index < -0.39 is 0 Å². The van der Waals surface area contributed by atoms with Gasteiger partial charge in [-0.05, 0) is 26.3 Å². The lowest BCUT2D eigenvalue weighted by atomic mass is 9.88. The van der Waals surface area contributed by atoms with Crippen LogP contribution >= 0.6 is 0 Å². The van der Waals surface area contributed by atoms with E-state index >= 15 is 0 Å². The maximum atomic E-state index is 3.82. The van der Waals surface area contributed by atoms with Gasteiger partial charge in [0.25, 0.3) is 0 Å². The van der Waals surface area contributed by atoms with E-state index in [1.165, 1.54) is 141 Å². The van der Waals surface area contributed by atoms with Crippen molar-refractivity contribution in [2.24, 2.45) is 0 Å². The van der Waals surface area contributed by atoms with E-state index in [0.717, 1.165) is 6.54 Å². The highest BCUT2D eigenvalue weighted by Gasteiger charge is 2.21. The van der Waals surface area contributed by atoms with Gasteiger partial charge in [0.1, 0.15) is 0 Å². The molecule has 0 aliphatic carbocycles. The van der Waals surface area contributed by atoms with Crippen molar-refractivity contribution in [2.75, 3.05) is 6.54 Å². The summed E-state index contributed by atoms with van der Waals surface area (Å²) in [6.07, 6.45) is 31.6. The summed E-state index contributed by atoms with van der Waals surface area (Å²) in [6.45, 7) is 10.5. The molecule has 0 aromatic carbocycles. The first kappa shape index (κ1) is 29.0. The molecule has 0 amide bonds. The highest BCUT2D eigenvalue weighted by molar-refractivity contribution is 4.82. The second-order valence-electron chi connectivity index (χ2n) is 9.95. The lowest BCUT2D eigenvalue weighted by Crippen LogP contribution is -2.42. The average Bonchev–Trinajstić information content (AvgIpc) is 2.71. The molecule has 0 fully saturated rings. The molecule has 1 N–H and O–H groups in total. The van der Waals surface area contributed by atoms with Crippen LogP contribution in [0.25, 0.3) is 0 Å². The van der Waals surface area contributed by atoms with Gasteiger partial charge in [-0.2, -0.15) is 0 Å². The Morgan fingerprint density at radius 2 is 0.690 bits per heavy atom. The van der Waals surface area contributed by atoms with Gasteiger partial charge in [-0.1, -0.05) is 149 Å². The first-order chi connectivity index (χ1) is 14.2. The van der Waals surface area contributed by atoms with Gasteiger partial charge in [0.15, 0.2) is 0 Å². The fraction of sp³-hybridized carbons (Fsp3) is 1.00. The van der Waals surface area contributed by atoms with E-state index in [-0.39, 0.29) is 0 Å². The molecule has 0 aliphatic heterocycles. The van der Waals surface area contributed by atoms with Crippen LogP contribution in [0.3, 0.4) is 0 Å². The summed E-state index contributed by atoms with van der Waals surface area (Å²) in [5.41, 5.74) is 0.384. The van der Waals surface area contributed by atoms with Crippen molar-refractivity contribution >= 4 is 0 Å². The van der Waals surface area contributed by atoms with Gasteiger partial charge in [0.05, 0.1) is 0 Å². The van der Waals surface area contributed by atoms with E-state index in [1.54, 1.807) is 0 Å². The molecule has 0 aromatic rings. The van der Waals surface area contributed by atoms with Gasteiger partial charge in [-0.3, -0.25) is 0 Å². The van der Waals surface area contributed by atoms with Crippen molar-refractivity contribution < 1.29 is 0 Å². The normalized spacial score (nSPS) is 12.0. The largest absolute Gasteiger partial charge is 0.312 e. The Hall–Kier alpha value is -0.0400. The third-order valence-electron chi connectivity index (χ3n) is 6.77. The zero-order chi connectivity index (χ0) is 21.5. The van der Waals surface area contributed by atoms with Gasteiger partial charge >= 0.3 is 0 Å². The molecular weight excluding hydrogens is 350 g/mol. The highest BCUT2D eigenvalue weighted by atomic mass is 14.9. The minimum Gasteiger partial charge on any atom is -0.312 e. The van der Waals surface area contributed by atoms with E-state index in [9.17, 15) is 0 Å². The first-order valence-electron chi connectivity index (χ1n) is 13.9.